The van der Waals surface area contributed by atoms with Gasteiger partial charge in [-0.3, -0.25) is 14.5 Å². The topological polar surface area (TPSA) is 115 Å². The van der Waals surface area contributed by atoms with Gasteiger partial charge in [-0.25, -0.2) is 14.6 Å². The molecule has 4 aromatic heterocycles. The number of fused-ring (bicyclic) bond motifs is 1. The zero-order valence-corrected chi connectivity index (χ0v) is 19.0. The Morgan fingerprint density at radius 1 is 1.06 bits per heavy atom. The number of amides is 1. The molecule has 5 rings (SSSR count). The van der Waals surface area contributed by atoms with E-state index in [2.05, 4.69) is 30.8 Å². The molecule has 4 heterocycles. The molecule has 0 aliphatic heterocycles. The number of carbonyl (C=O) groups is 1. The molecule has 1 amide bonds. The summed E-state index contributed by atoms with van der Waals surface area (Å²) in [6.45, 7) is 3.93. The predicted molar refractivity (Wildman–Crippen MR) is 129 cm³/mol. The van der Waals surface area contributed by atoms with E-state index in [1.165, 1.54) is 0 Å². The van der Waals surface area contributed by atoms with E-state index in [-0.39, 0.29) is 11.9 Å². The summed E-state index contributed by atoms with van der Waals surface area (Å²) in [6, 6.07) is 9.41. The van der Waals surface area contributed by atoms with Crippen LogP contribution in [-0.2, 0) is 7.05 Å². The molecule has 0 saturated heterocycles. The fraction of sp³-hybridized carbons (Fsp3) is 0.167. The molecule has 0 fully saturated rings. The summed E-state index contributed by atoms with van der Waals surface area (Å²) in [5.41, 5.74) is 5.28. The Morgan fingerprint density at radius 2 is 1.94 bits per heavy atom. The fourth-order valence-electron chi connectivity index (χ4n) is 3.65. The van der Waals surface area contributed by atoms with Crippen LogP contribution in [-0.4, -0.2) is 40.4 Å². The van der Waals surface area contributed by atoms with Gasteiger partial charge in [0.05, 0.1) is 36.4 Å². The van der Waals surface area contributed by atoms with Gasteiger partial charge in [0.15, 0.2) is 5.65 Å². The molecule has 0 saturated carbocycles. The van der Waals surface area contributed by atoms with Crippen molar-refractivity contribution in [3.63, 3.8) is 0 Å². The van der Waals surface area contributed by atoms with Crippen LogP contribution in [0.15, 0.2) is 67.5 Å². The van der Waals surface area contributed by atoms with Crippen molar-refractivity contribution in [1.29, 1.82) is 0 Å². The number of rotatable bonds is 6. The highest BCUT2D eigenvalue weighted by Gasteiger charge is 2.13. The average Bonchev–Trinajstić information content (AvgIpc) is 3.44. The molecule has 0 aliphatic rings. The van der Waals surface area contributed by atoms with E-state index in [1.807, 2.05) is 51.4 Å². The van der Waals surface area contributed by atoms with Crippen LogP contribution in [0.1, 0.15) is 34.5 Å². The van der Waals surface area contributed by atoms with Crippen molar-refractivity contribution in [3.8, 4) is 5.69 Å². The molecule has 1 atom stereocenters. The maximum Gasteiger partial charge on any atom is 0.257 e. The maximum atomic E-state index is 12.6. The van der Waals surface area contributed by atoms with Crippen molar-refractivity contribution in [3.05, 3.63) is 84.2 Å². The molecule has 10 heteroatoms. The first-order valence-corrected chi connectivity index (χ1v) is 10.8. The molecule has 1 aromatic carbocycles. The number of hydrogen-bond donors (Lipinski definition) is 2. The van der Waals surface area contributed by atoms with Crippen LogP contribution in [0.25, 0.3) is 16.9 Å². The van der Waals surface area contributed by atoms with Crippen LogP contribution in [0.3, 0.4) is 0 Å². The van der Waals surface area contributed by atoms with Gasteiger partial charge in [-0.05, 0) is 43.2 Å². The molecule has 0 bridgehead atoms. The summed E-state index contributed by atoms with van der Waals surface area (Å²) in [5, 5.41) is 14.9. The van der Waals surface area contributed by atoms with Crippen molar-refractivity contribution in [2.24, 2.45) is 7.05 Å². The van der Waals surface area contributed by atoms with Gasteiger partial charge < -0.3 is 10.6 Å². The van der Waals surface area contributed by atoms with Crippen molar-refractivity contribution < 1.29 is 4.79 Å². The van der Waals surface area contributed by atoms with Crippen molar-refractivity contribution in [2.75, 3.05) is 10.6 Å². The fourth-order valence-corrected chi connectivity index (χ4v) is 3.65. The van der Waals surface area contributed by atoms with E-state index >= 15 is 0 Å². The number of benzene rings is 1. The number of hydrogen-bond acceptors (Lipinski definition) is 7. The third-order valence-electron chi connectivity index (χ3n) is 5.36. The van der Waals surface area contributed by atoms with E-state index in [0.29, 0.717) is 28.2 Å². The van der Waals surface area contributed by atoms with Crippen LogP contribution < -0.4 is 10.6 Å². The van der Waals surface area contributed by atoms with Gasteiger partial charge in [0.2, 0.25) is 0 Å². The predicted octanol–water partition coefficient (Wildman–Crippen LogP) is 3.68. The monoisotopic (exact) mass is 453 g/mol. The Balaban J connectivity index is 1.34. The lowest BCUT2D eigenvalue weighted by Gasteiger charge is -2.16. The van der Waals surface area contributed by atoms with E-state index in [9.17, 15) is 4.79 Å². The Kier molecular flexibility index (Phi) is 5.46. The molecule has 0 spiro atoms. The van der Waals surface area contributed by atoms with Crippen LogP contribution in [0.2, 0.25) is 0 Å². The Morgan fingerprint density at radius 3 is 2.74 bits per heavy atom. The molecule has 0 aliphatic carbocycles. The zero-order valence-electron chi connectivity index (χ0n) is 19.0. The van der Waals surface area contributed by atoms with Gasteiger partial charge >= 0.3 is 0 Å². The number of pyridine rings is 1. The molecule has 0 radical (unpaired) electrons. The lowest BCUT2D eigenvalue weighted by Crippen LogP contribution is -2.13. The quantitative estimate of drug-likeness (QED) is 0.403. The smallest absolute Gasteiger partial charge is 0.257 e. The van der Waals surface area contributed by atoms with Crippen LogP contribution in [0.4, 0.5) is 11.5 Å². The number of anilines is 2. The van der Waals surface area contributed by atoms with Gasteiger partial charge in [-0.2, -0.15) is 10.2 Å². The molecular weight excluding hydrogens is 430 g/mol. The number of aromatic nitrogens is 7. The zero-order chi connectivity index (χ0) is 23.7. The standard InChI is InChI=1S/C24H23N9O/c1-15-7-18(10-25-9-15)24(34)30-19-6-4-5-17(8-19)16(2)29-22-13-26-21-12-28-33(23(21)31-22)20-11-27-32(3)14-20/h4-14,16H,1-3H3,(H,29,31)(H,30,34)/t16-/m0/s1. The first-order chi connectivity index (χ1) is 16.5. The normalized spacial score (nSPS) is 12.0. The van der Waals surface area contributed by atoms with Crippen molar-refractivity contribution in [2.45, 2.75) is 19.9 Å². The Bertz CT molecular complexity index is 1490. The highest BCUT2D eigenvalue weighted by atomic mass is 16.1. The van der Waals surface area contributed by atoms with Gasteiger partial charge in [0.1, 0.15) is 17.0 Å². The molecule has 10 nitrogen and oxygen atoms in total. The van der Waals surface area contributed by atoms with E-state index in [1.54, 1.807) is 46.4 Å². The second-order valence-electron chi connectivity index (χ2n) is 8.09. The minimum Gasteiger partial charge on any atom is -0.362 e. The molecule has 170 valence electrons. The van der Waals surface area contributed by atoms with Crippen molar-refractivity contribution in [1.82, 2.24) is 34.5 Å². The van der Waals surface area contributed by atoms with Gasteiger partial charge in [0.25, 0.3) is 5.91 Å². The second-order valence-corrected chi connectivity index (χ2v) is 8.09. The summed E-state index contributed by atoms with van der Waals surface area (Å²) >= 11 is 0. The first-order valence-electron chi connectivity index (χ1n) is 10.8. The third kappa shape index (κ3) is 4.33. The Hall–Kier alpha value is -4.60. The highest BCUT2D eigenvalue weighted by molar-refractivity contribution is 6.04. The van der Waals surface area contributed by atoms with Crippen LogP contribution >= 0.6 is 0 Å². The largest absolute Gasteiger partial charge is 0.362 e. The number of aryl methyl sites for hydroxylation is 2. The average molecular weight is 454 g/mol. The molecule has 5 aromatic rings. The van der Waals surface area contributed by atoms with Crippen LogP contribution in [0, 0.1) is 6.92 Å². The summed E-state index contributed by atoms with van der Waals surface area (Å²) in [4.78, 5) is 25.9. The summed E-state index contributed by atoms with van der Waals surface area (Å²) in [7, 11) is 1.85. The van der Waals surface area contributed by atoms with Crippen molar-refractivity contribution >= 4 is 28.6 Å². The number of nitrogens with one attached hydrogen (secondary N) is 2. The van der Waals surface area contributed by atoms with E-state index in [0.717, 1.165) is 16.8 Å². The summed E-state index contributed by atoms with van der Waals surface area (Å²) < 4.78 is 3.42. The Labute approximate surface area is 195 Å². The maximum absolute atomic E-state index is 12.6. The lowest BCUT2D eigenvalue weighted by molar-refractivity contribution is 0.102. The minimum atomic E-state index is -0.200. The molecule has 0 unspecified atom stereocenters. The van der Waals surface area contributed by atoms with E-state index < -0.39 is 0 Å². The second kappa shape index (κ2) is 8.74. The minimum absolute atomic E-state index is 0.0843. The number of nitrogens with zero attached hydrogens (tertiary/aromatic N) is 7. The first kappa shape index (κ1) is 21.3. The van der Waals surface area contributed by atoms with Gasteiger partial charge in [0, 0.05) is 25.1 Å². The molecule has 34 heavy (non-hydrogen) atoms. The lowest BCUT2D eigenvalue weighted by atomic mass is 10.1. The van der Waals surface area contributed by atoms with E-state index in [4.69, 9.17) is 4.98 Å². The van der Waals surface area contributed by atoms with Gasteiger partial charge in [-0.15, -0.1) is 0 Å². The van der Waals surface area contributed by atoms with Crippen LogP contribution in [0.5, 0.6) is 0 Å². The number of carbonyl (C=O) groups excluding carboxylic acids is 1. The third-order valence-corrected chi connectivity index (χ3v) is 5.36. The van der Waals surface area contributed by atoms with Gasteiger partial charge in [-0.1, -0.05) is 12.1 Å². The SMILES string of the molecule is Cc1cncc(C(=O)Nc2cccc([C@H](C)Nc3cnc4cnn(-c5cnn(C)c5)c4n3)c2)c1. The molecule has 2 N–H and O–H groups in total. The highest BCUT2D eigenvalue weighted by Crippen LogP contribution is 2.23. The molecular formula is C24H23N9O. The summed E-state index contributed by atoms with van der Waals surface area (Å²) in [6.07, 6.45) is 10.2. The summed E-state index contributed by atoms with van der Waals surface area (Å²) in [5.74, 6) is 0.417.